The fourth-order valence-corrected chi connectivity index (χ4v) is 10.3. The van der Waals surface area contributed by atoms with Crippen molar-refractivity contribution in [1.29, 1.82) is 0 Å². The van der Waals surface area contributed by atoms with Gasteiger partial charge in [0.15, 0.2) is 12.6 Å². The molecule has 9 N–H and O–H groups in total. The number of hydrogen-bond donors (Lipinski definition) is 9. The molecule has 0 saturated carbocycles. The van der Waals surface area contributed by atoms with Crippen LogP contribution < -0.4 is 5.32 Å². The van der Waals surface area contributed by atoms with Gasteiger partial charge in [0.25, 0.3) is 0 Å². The predicted molar refractivity (Wildman–Crippen MR) is 291 cm³/mol. The fraction of sp³-hybridized carbons (Fsp3) is 0.949. The summed E-state index contributed by atoms with van der Waals surface area (Å²) >= 11 is 0. The van der Waals surface area contributed by atoms with Gasteiger partial charge in [-0.1, -0.05) is 251 Å². The van der Waals surface area contributed by atoms with Crippen molar-refractivity contribution < 1.29 is 64.6 Å². The van der Waals surface area contributed by atoms with Crippen LogP contribution >= 0.6 is 0 Å². The van der Waals surface area contributed by atoms with Crippen molar-refractivity contribution in [3.63, 3.8) is 0 Å². The number of ether oxygens (including phenoxy) is 4. The van der Waals surface area contributed by atoms with E-state index in [1.807, 2.05) is 6.08 Å². The number of aliphatic hydroxyl groups excluding tert-OH is 8. The molecule has 2 aliphatic rings. The smallest absolute Gasteiger partial charge is 0.220 e. The first-order valence-electron chi connectivity index (χ1n) is 30.4. The minimum atomic E-state index is -1.78. The highest BCUT2D eigenvalue weighted by molar-refractivity contribution is 5.76. The van der Waals surface area contributed by atoms with Gasteiger partial charge in [-0.05, 0) is 19.3 Å². The molecule has 2 saturated heterocycles. The number of carbonyl (C=O) groups excluding carboxylic acids is 1. The summed E-state index contributed by atoms with van der Waals surface area (Å²) in [6.07, 6.45) is 36.6. The van der Waals surface area contributed by atoms with E-state index in [9.17, 15) is 45.6 Å². The third-order valence-corrected chi connectivity index (χ3v) is 15.2. The Morgan fingerprint density at radius 3 is 1.26 bits per heavy atom. The number of hydrogen-bond acceptors (Lipinski definition) is 13. The van der Waals surface area contributed by atoms with Gasteiger partial charge in [0.2, 0.25) is 5.91 Å². The molecule has 2 fully saturated rings. The van der Waals surface area contributed by atoms with E-state index in [1.165, 1.54) is 193 Å². The van der Waals surface area contributed by atoms with Gasteiger partial charge in [-0.25, -0.2) is 0 Å². The lowest BCUT2D eigenvalue weighted by Gasteiger charge is -2.46. The minimum absolute atomic E-state index is 0.241. The van der Waals surface area contributed by atoms with Gasteiger partial charge in [0, 0.05) is 6.42 Å². The van der Waals surface area contributed by atoms with Crippen LogP contribution in [-0.4, -0.2) is 140 Å². The van der Waals surface area contributed by atoms with Crippen molar-refractivity contribution >= 4 is 5.91 Å². The van der Waals surface area contributed by atoms with Crippen molar-refractivity contribution in [2.45, 2.75) is 338 Å². The van der Waals surface area contributed by atoms with Crippen LogP contribution in [0, 0.1) is 0 Å². The highest BCUT2D eigenvalue weighted by Crippen LogP contribution is 2.30. The summed E-state index contributed by atoms with van der Waals surface area (Å²) in [5.74, 6) is -0.241. The van der Waals surface area contributed by atoms with E-state index in [2.05, 4.69) is 19.2 Å². The molecule has 14 heteroatoms. The molecule has 12 atom stereocenters. The van der Waals surface area contributed by atoms with Gasteiger partial charge in [0.1, 0.15) is 48.8 Å². The van der Waals surface area contributed by atoms with E-state index >= 15 is 0 Å². The van der Waals surface area contributed by atoms with E-state index in [0.717, 1.165) is 44.9 Å². The fourth-order valence-electron chi connectivity index (χ4n) is 10.3. The second-order valence-corrected chi connectivity index (χ2v) is 21.8. The minimum Gasteiger partial charge on any atom is -0.394 e. The van der Waals surface area contributed by atoms with E-state index < -0.39 is 86.8 Å². The summed E-state index contributed by atoms with van der Waals surface area (Å²) < 4.78 is 22.6. The molecule has 73 heavy (non-hydrogen) atoms. The van der Waals surface area contributed by atoms with Crippen molar-refractivity contribution in [1.82, 2.24) is 5.32 Å². The lowest BCUT2D eigenvalue weighted by molar-refractivity contribution is -0.359. The van der Waals surface area contributed by atoms with Gasteiger partial charge in [0.05, 0.1) is 32.0 Å². The van der Waals surface area contributed by atoms with Crippen LogP contribution in [0.4, 0.5) is 0 Å². The molecule has 0 aromatic heterocycles. The van der Waals surface area contributed by atoms with E-state index in [1.54, 1.807) is 6.08 Å². The van der Waals surface area contributed by atoms with Crippen LogP contribution in [-0.2, 0) is 23.7 Å². The number of aliphatic hydroxyl groups is 8. The second kappa shape index (κ2) is 45.7. The lowest BCUT2D eigenvalue weighted by Crippen LogP contribution is -2.65. The van der Waals surface area contributed by atoms with E-state index in [0.29, 0.717) is 6.42 Å². The maximum Gasteiger partial charge on any atom is 0.220 e. The van der Waals surface area contributed by atoms with Gasteiger partial charge in [-0.2, -0.15) is 0 Å². The molecule has 0 bridgehead atoms. The van der Waals surface area contributed by atoms with Crippen molar-refractivity contribution in [3.05, 3.63) is 12.2 Å². The van der Waals surface area contributed by atoms with Crippen LogP contribution in [0.5, 0.6) is 0 Å². The highest BCUT2D eigenvalue weighted by atomic mass is 16.7. The zero-order chi connectivity index (χ0) is 53.2. The monoisotopic (exact) mass is 1040 g/mol. The summed E-state index contributed by atoms with van der Waals surface area (Å²) in [7, 11) is 0. The normalized spacial score (nSPS) is 25.4. The highest BCUT2D eigenvalue weighted by Gasteiger charge is 2.51. The molecule has 432 valence electrons. The van der Waals surface area contributed by atoms with Crippen LogP contribution in [0.3, 0.4) is 0 Å². The predicted octanol–water partition coefficient (Wildman–Crippen LogP) is 10.3. The first kappa shape index (κ1) is 67.8. The maximum atomic E-state index is 13.1. The van der Waals surface area contributed by atoms with E-state index in [4.69, 9.17) is 18.9 Å². The van der Waals surface area contributed by atoms with Gasteiger partial charge >= 0.3 is 0 Å². The van der Waals surface area contributed by atoms with Gasteiger partial charge < -0.3 is 65.1 Å². The summed E-state index contributed by atoms with van der Waals surface area (Å²) in [6.45, 7) is 2.69. The van der Waals surface area contributed by atoms with Crippen molar-refractivity contribution in [3.8, 4) is 0 Å². The van der Waals surface area contributed by atoms with E-state index in [-0.39, 0.29) is 18.9 Å². The largest absolute Gasteiger partial charge is 0.394 e. The van der Waals surface area contributed by atoms with Crippen molar-refractivity contribution in [2.24, 2.45) is 0 Å². The molecule has 0 aliphatic carbocycles. The van der Waals surface area contributed by atoms with Crippen LogP contribution in [0.15, 0.2) is 12.2 Å². The summed E-state index contributed by atoms with van der Waals surface area (Å²) in [5, 5.41) is 86.3. The number of carbonyl (C=O) groups is 1. The average Bonchev–Trinajstić information content (AvgIpc) is 3.39. The topological polar surface area (TPSA) is 228 Å². The number of nitrogens with one attached hydrogen (secondary N) is 1. The zero-order valence-electron chi connectivity index (χ0n) is 46.4. The Balaban J connectivity index is 1.50. The molecular formula is C59H113NO13. The quantitative estimate of drug-likeness (QED) is 0.0204. The molecule has 0 radical (unpaired) electrons. The average molecular weight is 1040 g/mol. The molecule has 2 heterocycles. The Bertz CT molecular complexity index is 1280. The Labute approximate surface area is 444 Å². The Morgan fingerprint density at radius 1 is 0.479 bits per heavy atom. The molecule has 2 aliphatic heterocycles. The standard InChI is InChI=1S/C59H113NO13/c1-3-5-7-9-10-11-12-13-14-15-16-17-18-19-20-21-22-23-24-25-26-27-28-29-30-31-32-33-34-35-36-37-39-41-43-51(64)60-47(48(63)42-40-38-8-6-4-2)46-70-58-56(69)54(67)57(50(45-62)72-58)73-59-55(68)53(66)52(65)49(44-61)71-59/h40,42,47-50,52-59,61-63,65-69H,3-39,41,43-46H2,1-2H3,(H,60,64)/b42-40+. The molecular weight excluding hydrogens is 931 g/mol. The number of rotatable bonds is 49. The molecule has 12 unspecified atom stereocenters. The number of unbranched alkanes of at least 4 members (excludes halogenated alkanes) is 36. The molecule has 14 nitrogen and oxygen atoms in total. The molecule has 0 aromatic rings. The number of amides is 1. The molecule has 2 rings (SSSR count). The van der Waals surface area contributed by atoms with Crippen LogP contribution in [0.25, 0.3) is 0 Å². The second-order valence-electron chi connectivity index (χ2n) is 21.8. The Morgan fingerprint density at radius 2 is 0.849 bits per heavy atom. The number of allylic oxidation sites excluding steroid dienone is 1. The Hall–Kier alpha value is -1.27. The zero-order valence-corrected chi connectivity index (χ0v) is 46.4. The summed E-state index contributed by atoms with van der Waals surface area (Å²) in [6, 6.07) is -0.906. The Kier molecular flexibility index (Phi) is 42.5. The summed E-state index contributed by atoms with van der Waals surface area (Å²) in [5.41, 5.74) is 0. The lowest BCUT2D eigenvalue weighted by atomic mass is 9.97. The third kappa shape index (κ3) is 31.7. The molecule has 0 aromatic carbocycles. The summed E-state index contributed by atoms with van der Waals surface area (Å²) in [4.78, 5) is 13.1. The molecule has 1 amide bonds. The van der Waals surface area contributed by atoms with Gasteiger partial charge in [-0.3, -0.25) is 4.79 Å². The molecule has 0 spiro atoms. The van der Waals surface area contributed by atoms with Crippen LogP contribution in [0.1, 0.15) is 264 Å². The van der Waals surface area contributed by atoms with Crippen molar-refractivity contribution in [2.75, 3.05) is 19.8 Å². The first-order chi connectivity index (χ1) is 35.6. The SMILES string of the molecule is CCCCC/C=C/C(O)C(COC1OC(CO)C(OC2OC(CO)C(O)C(O)C2O)C(O)C1O)NC(=O)CCCCCCCCCCCCCCCCCCCCCCCCCCCCCCCCCCCC. The first-order valence-corrected chi connectivity index (χ1v) is 30.4. The maximum absolute atomic E-state index is 13.1. The van der Waals surface area contributed by atoms with Crippen LogP contribution in [0.2, 0.25) is 0 Å². The third-order valence-electron chi connectivity index (χ3n) is 15.2. The van der Waals surface area contributed by atoms with Gasteiger partial charge in [-0.15, -0.1) is 0 Å².